The highest BCUT2D eigenvalue weighted by Gasteiger charge is 2.37. The monoisotopic (exact) mass is 527 g/mol. The fourth-order valence-electron chi connectivity index (χ4n) is 5.91. The Morgan fingerprint density at radius 1 is 1.21 bits per heavy atom. The molecule has 2 atom stereocenters. The summed E-state index contributed by atoms with van der Waals surface area (Å²) in [5.41, 5.74) is 4.92. The molecule has 1 aromatic carbocycles. The molecular weight excluding hydrogens is 487 g/mol. The van der Waals surface area contributed by atoms with Crippen LogP contribution in [0.2, 0.25) is 0 Å². The number of nitrogens with one attached hydrogen (secondary N) is 2. The van der Waals surface area contributed by atoms with Gasteiger partial charge in [0.2, 0.25) is 0 Å². The Morgan fingerprint density at radius 3 is 2.61 bits per heavy atom. The van der Waals surface area contributed by atoms with E-state index in [4.69, 9.17) is 4.99 Å². The zero-order valence-corrected chi connectivity index (χ0v) is 23.0. The standard InChI is InChI=1S/C31H40F3N3O/c1-5-6-7-12-25-26-14-13-24(38-31(32,33)34)15-28(26)21(4)27(23-10-8-9-11-23)16-29(25)30-36-18-22(19-37-30)17-35-20(2)3/h13-15,18,20-21,23,27,35H,5-6,8-11,16-17,19H2,1-4H3,(H,36,37). The molecule has 1 aliphatic heterocycles. The van der Waals surface area contributed by atoms with Gasteiger partial charge in [-0.2, -0.15) is 0 Å². The summed E-state index contributed by atoms with van der Waals surface area (Å²) in [5.74, 6) is 8.27. The lowest BCUT2D eigenvalue weighted by Gasteiger charge is -2.30. The topological polar surface area (TPSA) is 45.7 Å². The molecule has 2 N–H and O–H groups in total. The van der Waals surface area contributed by atoms with Crippen LogP contribution in [0, 0.1) is 23.7 Å². The number of hydrogen-bond donors (Lipinski definition) is 2. The lowest BCUT2D eigenvalue weighted by molar-refractivity contribution is -0.274. The normalized spacial score (nSPS) is 22.2. The molecule has 0 saturated heterocycles. The first-order valence-electron chi connectivity index (χ1n) is 14.0. The number of hydrogen-bond acceptors (Lipinski definition) is 4. The smallest absolute Gasteiger partial charge is 0.406 e. The highest BCUT2D eigenvalue weighted by molar-refractivity contribution is 6.09. The molecule has 206 valence electrons. The van der Waals surface area contributed by atoms with Crippen molar-refractivity contribution in [3.8, 4) is 17.6 Å². The zero-order valence-electron chi connectivity index (χ0n) is 23.0. The van der Waals surface area contributed by atoms with Crippen molar-refractivity contribution in [3.05, 3.63) is 46.7 Å². The summed E-state index contributed by atoms with van der Waals surface area (Å²) >= 11 is 0. The van der Waals surface area contributed by atoms with Crippen LogP contribution < -0.4 is 15.4 Å². The average Bonchev–Trinajstić information content (AvgIpc) is 3.37. The summed E-state index contributed by atoms with van der Waals surface area (Å²) in [7, 11) is 0. The molecular formula is C31H40F3N3O. The third-order valence-corrected chi connectivity index (χ3v) is 7.87. The second-order valence-corrected chi connectivity index (χ2v) is 11.1. The van der Waals surface area contributed by atoms with Gasteiger partial charge in [-0.15, -0.1) is 13.2 Å². The molecule has 2 aliphatic carbocycles. The van der Waals surface area contributed by atoms with Crippen LogP contribution >= 0.6 is 0 Å². The van der Waals surface area contributed by atoms with E-state index in [0.29, 0.717) is 18.5 Å². The van der Waals surface area contributed by atoms with E-state index in [1.54, 1.807) is 12.1 Å². The maximum atomic E-state index is 13.1. The van der Waals surface area contributed by atoms with E-state index in [9.17, 15) is 13.2 Å². The fraction of sp³-hybridized carbons (Fsp3) is 0.581. The number of nitrogens with zero attached hydrogens (tertiary/aromatic N) is 1. The van der Waals surface area contributed by atoms with Gasteiger partial charge in [-0.3, -0.25) is 4.99 Å². The number of benzene rings is 1. The zero-order chi connectivity index (χ0) is 27.3. The van der Waals surface area contributed by atoms with E-state index in [1.807, 2.05) is 6.20 Å². The maximum Gasteiger partial charge on any atom is 0.573 e. The second-order valence-electron chi connectivity index (χ2n) is 11.1. The van der Waals surface area contributed by atoms with Gasteiger partial charge in [-0.05, 0) is 65.5 Å². The minimum Gasteiger partial charge on any atom is -0.406 e. The van der Waals surface area contributed by atoms with Gasteiger partial charge in [0.05, 0.1) is 6.54 Å². The number of halogens is 3. The van der Waals surface area contributed by atoms with Crippen molar-refractivity contribution < 1.29 is 17.9 Å². The largest absolute Gasteiger partial charge is 0.573 e. The first-order chi connectivity index (χ1) is 18.2. The lowest BCUT2D eigenvalue weighted by Crippen LogP contribution is -2.32. The van der Waals surface area contributed by atoms with Gasteiger partial charge < -0.3 is 15.4 Å². The number of unbranched alkanes of at least 4 members (excludes halogenated alkanes) is 1. The van der Waals surface area contributed by atoms with Crippen LogP contribution in [0.25, 0.3) is 5.57 Å². The van der Waals surface area contributed by atoms with Crippen molar-refractivity contribution in [1.29, 1.82) is 0 Å². The molecule has 0 spiro atoms. The molecule has 1 fully saturated rings. The number of allylic oxidation sites excluding steroid dienone is 1. The first-order valence-corrected chi connectivity index (χ1v) is 14.0. The quantitative estimate of drug-likeness (QED) is 0.365. The average molecular weight is 528 g/mol. The van der Waals surface area contributed by atoms with E-state index in [0.717, 1.165) is 66.8 Å². The predicted octanol–water partition coefficient (Wildman–Crippen LogP) is 7.34. The number of ether oxygens (including phenoxy) is 1. The van der Waals surface area contributed by atoms with Crippen molar-refractivity contribution in [2.45, 2.75) is 91.0 Å². The molecule has 0 aromatic heterocycles. The van der Waals surface area contributed by atoms with E-state index < -0.39 is 6.36 Å². The number of fused-ring (bicyclic) bond motifs is 1. The minimum atomic E-state index is -4.73. The van der Waals surface area contributed by atoms with E-state index in [1.165, 1.54) is 24.5 Å². The predicted molar refractivity (Wildman–Crippen MR) is 148 cm³/mol. The summed E-state index contributed by atoms with van der Waals surface area (Å²) < 4.78 is 43.7. The summed E-state index contributed by atoms with van der Waals surface area (Å²) in [6, 6.07) is 5.16. The van der Waals surface area contributed by atoms with Crippen LogP contribution in [0.4, 0.5) is 13.2 Å². The third kappa shape index (κ3) is 7.02. The summed E-state index contributed by atoms with van der Waals surface area (Å²) in [6.07, 6.45) is 4.52. The van der Waals surface area contributed by atoms with Gasteiger partial charge >= 0.3 is 6.36 Å². The van der Waals surface area contributed by atoms with Crippen molar-refractivity contribution in [3.63, 3.8) is 0 Å². The summed E-state index contributed by atoms with van der Waals surface area (Å²) in [6.45, 7) is 9.87. The van der Waals surface area contributed by atoms with E-state index in [-0.39, 0.29) is 17.6 Å². The SMILES string of the molecule is CCCC#CC1=C(C2=NCC(CNC(C)C)=CN2)CC(C2CCCC2)C(C)c2cc(OC(F)(F)F)ccc21. The van der Waals surface area contributed by atoms with Crippen LogP contribution in [0.5, 0.6) is 5.75 Å². The number of amidine groups is 1. The molecule has 7 heteroatoms. The molecule has 1 heterocycles. The maximum absolute atomic E-state index is 13.1. The van der Waals surface area contributed by atoms with Gasteiger partial charge in [-0.1, -0.05) is 65.2 Å². The second kappa shape index (κ2) is 12.4. The molecule has 38 heavy (non-hydrogen) atoms. The van der Waals surface area contributed by atoms with Gasteiger partial charge in [0.1, 0.15) is 11.6 Å². The molecule has 0 amide bonds. The summed E-state index contributed by atoms with van der Waals surface area (Å²) in [4.78, 5) is 4.96. The Bertz CT molecular complexity index is 1150. The van der Waals surface area contributed by atoms with E-state index >= 15 is 0 Å². The molecule has 0 bridgehead atoms. The Labute approximate surface area is 225 Å². The lowest BCUT2D eigenvalue weighted by atomic mass is 9.75. The van der Waals surface area contributed by atoms with Gasteiger partial charge in [0, 0.05) is 36.4 Å². The molecule has 4 nitrogen and oxygen atoms in total. The molecule has 2 unspecified atom stereocenters. The highest BCUT2D eigenvalue weighted by atomic mass is 19.4. The Kier molecular flexibility index (Phi) is 9.25. The number of alkyl halides is 3. The van der Waals surface area contributed by atoms with Crippen LogP contribution in [0.1, 0.15) is 89.7 Å². The number of rotatable bonds is 7. The number of aliphatic imine (C=N–C) groups is 1. The molecule has 3 aliphatic rings. The third-order valence-electron chi connectivity index (χ3n) is 7.87. The van der Waals surface area contributed by atoms with Crippen LogP contribution in [-0.4, -0.2) is 31.3 Å². The van der Waals surface area contributed by atoms with Crippen molar-refractivity contribution in [2.75, 3.05) is 13.1 Å². The first kappa shape index (κ1) is 28.3. The Balaban J connectivity index is 1.80. The van der Waals surface area contributed by atoms with Crippen LogP contribution in [0.15, 0.2) is 40.5 Å². The van der Waals surface area contributed by atoms with E-state index in [2.05, 4.69) is 54.9 Å². The Morgan fingerprint density at radius 2 is 1.97 bits per heavy atom. The van der Waals surface area contributed by atoms with Gasteiger partial charge in [-0.25, -0.2) is 0 Å². The molecule has 4 rings (SSSR count). The van der Waals surface area contributed by atoms with Crippen molar-refractivity contribution in [1.82, 2.24) is 10.6 Å². The highest BCUT2D eigenvalue weighted by Crippen LogP contribution is 2.48. The van der Waals surface area contributed by atoms with Crippen LogP contribution in [-0.2, 0) is 0 Å². The molecule has 1 aromatic rings. The van der Waals surface area contributed by atoms with Crippen molar-refractivity contribution in [2.24, 2.45) is 16.8 Å². The minimum absolute atomic E-state index is 0.0656. The summed E-state index contributed by atoms with van der Waals surface area (Å²) in [5, 5.41) is 6.90. The van der Waals surface area contributed by atoms with Gasteiger partial charge in [0.15, 0.2) is 0 Å². The molecule has 1 saturated carbocycles. The van der Waals surface area contributed by atoms with Gasteiger partial charge in [0.25, 0.3) is 0 Å². The van der Waals surface area contributed by atoms with Crippen LogP contribution in [0.3, 0.4) is 0 Å². The van der Waals surface area contributed by atoms with Crippen molar-refractivity contribution >= 4 is 11.4 Å². The molecule has 0 radical (unpaired) electrons. The fourth-order valence-corrected chi connectivity index (χ4v) is 5.91. The Hall–Kier alpha value is -2.72.